The van der Waals surface area contributed by atoms with Gasteiger partial charge in [0.25, 0.3) is 0 Å². The number of carbonyl (C=O) groups is 1. The Labute approximate surface area is 146 Å². The summed E-state index contributed by atoms with van der Waals surface area (Å²) >= 11 is 2.81. The molecule has 2 rings (SSSR count). The van der Waals surface area contributed by atoms with E-state index in [2.05, 4.69) is 12.1 Å². The number of rotatable bonds is 8. The van der Waals surface area contributed by atoms with Crippen LogP contribution in [0.4, 0.5) is 0 Å². The highest BCUT2D eigenvalue weighted by molar-refractivity contribution is 8.01. The van der Waals surface area contributed by atoms with Gasteiger partial charge in [-0.05, 0) is 23.0 Å². The Balaban J connectivity index is 1.77. The van der Waals surface area contributed by atoms with Crippen molar-refractivity contribution in [2.45, 2.75) is 24.9 Å². The zero-order valence-electron chi connectivity index (χ0n) is 13.1. The van der Waals surface area contributed by atoms with Crippen molar-refractivity contribution in [2.24, 2.45) is 0 Å². The van der Waals surface area contributed by atoms with Gasteiger partial charge in [0, 0.05) is 11.3 Å². The maximum absolute atomic E-state index is 12.1. The summed E-state index contributed by atoms with van der Waals surface area (Å²) in [4.78, 5) is 12.1. The smallest absolute Gasteiger partial charge is 0.346 e. The van der Waals surface area contributed by atoms with E-state index in [0.29, 0.717) is 17.7 Å². The predicted octanol–water partition coefficient (Wildman–Crippen LogP) is 5.61. The molecule has 120 valence electrons. The topological polar surface area (TPSA) is 26.3 Å². The molecule has 0 saturated carbocycles. The molecular formula is C19H20O2S2. The minimum Gasteiger partial charge on any atom is -0.388 e. The van der Waals surface area contributed by atoms with Gasteiger partial charge in [0.2, 0.25) is 0 Å². The van der Waals surface area contributed by atoms with E-state index in [1.54, 1.807) is 11.8 Å². The van der Waals surface area contributed by atoms with Gasteiger partial charge >= 0.3 is 5.97 Å². The average molecular weight is 345 g/mol. The van der Waals surface area contributed by atoms with E-state index in [9.17, 15) is 4.79 Å². The van der Waals surface area contributed by atoms with Gasteiger partial charge in [-0.1, -0.05) is 67.6 Å². The highest BCUT2D eigenvalue weighted by Gasteiger charge is 2.10. The van der Waals surface area contributed by atoms with Gasteiger partial charge in [-0.2, -0.15) is 0 Å². The summed E-state index contributed by atoms with van der Waals surface area (Å²) in [6.45, 7) is 1.97. The first kappa shape index (κ1) is 17.7. The molecule has 0 spiro atoms. The van der Waals surface area contributed by atoms with E-state index < -0.39 is 0 Å². The second-order valence-corrected chi connectivity index (χ2v) is 6.46. The fourth-order valence-corrected chi connectivity index (χ4v) is 3.40. The molecule has 0 amide bonds. The van der Waals surface area contributed by atoms with Crippen LogP contribution in [0.1, 0.15) is 24.5 Å². The second-order valence-electron chi connectivity index (χ2n) is 4.91. The molecule has 0 aliphatic rings. The highest BCUT2D eigenvalue weighted by atomic mass is 32.2. The van der Waals surface area contributed by atoms with E-state index in [1.807, 2.05) is 60.9 Å². The molecule has 0 radical (unpaired) electrons. The standard InChI is InChI=1S/C19H20O2S2/c1-2-18(15-22-13-16-9-5-3-6-10-16)19(20)21-23-14-17-11-7-4-8-12-17/h3-12,15H,2,13-14H2,1H3. The van der Waals surface area contributed by atoms with Crippen LogP contribution in [0.3, 0.4) is 0 Å². The molecule has 0 fully saturated rings. The van der Waals surface area contributed by atoms with Gasteiger partial charge in [0.15, 0.2) is 0 Å². The average Bonchev–Trinajstić information content (AvgIpc) is 2.60. The molecule has 0 aliphatic heterocycles. The van der Waals surface area contributed by atoms with E-state index in [0.717, 1.165) is 11.3 Å². The van der Waals surface area contributed by atoms with Gasteiger partial charge in [-0.25, -0.2) is 4.79 Å². The molecule has 2 aromatic carbocycles. The van der Waals surface area contributed by atoms with Crippen LogP contribution in [0.25, 0.3) is 0 Å². The fourth-order valence-electron chi connectivity index (χ4n) is 1.87. The van der Waals surface area contributed by atoms with Crippen LogP contribution < -0.4 is 0 Å². The lowest BCUT2D eigenvalue weighted by Crippen LogP contribution is -2.02. The van der Waals surface area contributed by atoms with Crippen LogP contribution in [0.15, 0.2) is 71.6 Å². The molecular weight excluding hydrogens is 324 g/mol. The van der Waals surface area contributed by atoms with Gasteiger partial charge in [0.05, 0.1) is 17.8 Å². The van der Waals surface area contributed by atoms with Crippen molar-refractivity contribution in [1.29, 1.82) is 0 Å². The van der Waals surface area contributed by atoms with Crippen LogP contribution in [0.5, 0.6) is 0 Å². The Bertz CT molecular complexity index is 624. The summed E-state index contributed by atoms with van der Waals surface area (Å²) in [5.41, 5.74) is 3.10. The van der Waals surface area contributed by atoms with Crippen molar-refractivity contribution in [3.8, 4) is 0 Å². The van der Waals surface area contributed by atoms with Crippen molar-refractivity contribution in [3.63, 3.8) is 0 Å². The second kappa shape index (κ2) is 10.2. The summed E-state index contributed by atoms with van der Waals surface area (Å²) < 4.78 is 5.30. The molecule has 0 unspecified atom stereocenters. The molecule has 0 bridgehead atoms. The molecule has 2 nitrogen and oxygen atoms in total. The van der Waals surface area contributed by atoms with Gasteiger partial charge in [0.1, 0.15) is 0 Å². The molecule has 0 aliphatic carbocycles. The lowest BCUT2D eigenvalue weighted by molar-refractivity contribution is -0.129. The van der Waals surface area contributed by atoms with Crippen LogP contribution in [0, 0.1) is 0 Å². The van der Waals surface area contributed by atoms with Gasteiger partial charge < -0.3 is 4.18 Å². The lowest BCUT2D eigenvalue weighted by atomic mass is 10.2. The summed E-state index contributed by atoms with van der Waals surface area (Å²) in [6, 6.07) is 20.2. The molecule has 4 heteroatoms. The number of hydrogen-bond acceptors (Lipinski definition) is 4. The quantitative estimate of drug-likeness (QED) is 0.459. The number of benzene rings is 2. The Morgan fingerprint density at radius 3 is 2.09 bits per heavy atom. The number of thioether (sulfide) groups is 1. The lowest BCUT2D eigenvalue weighted by Gasteiger charge is -2.05. The molecule has 0 aromatic heterocycles. The third-order valence-electron chi connectivity index (χ3n) is 3.16. The zero-order chi connectivity index (χ0) is 16.3. The van der Waals surface area contributed by atoms with E-state index in [4.69, 9.17) is 4.18 Å². The van der Waals surface area contributed by atoms with Crippen LogP contribution in [-0.2, 0) is 20.5 Å². The number of hydrogen-bond donors (Lipinski definition) is 0. The molecule has 0 saturated heterocycles. The Morgan fingerprint density at radius 1 is 0.957 bits per heavy atom. The molecule has 2 aromatic rings. The largest absolute Gasteiger partial charge is 0.388 e. The summed E-state index contributed by atoms with van der Waals surface area (Å²) in [7, 11) is 0. The van der Waals surface area contributed by atoms with Crippen LogP contribution >= 0.6 is 23.8 Å². The van der Waals surface area contributed by atoms with Crippen LogP contribution in [-0.4, -0.2) is 5.97 Å². The van der Waals surface area contributed by atoms with E-state index in [1.165, 1.54) is 17.6 Å². The highest BCUT2D eigenvalue weighted by Crippen LogP contribution is 2.20. The SMILES string of the molecule is CCC(=CSCc1ccccc1)C(=O)OSCc1ccccc1. The van der Waals surface area contributed by atoms with Crippen molar-refractivity contribution in [2.75, 3.05) is 0 Å². The first-order chi connectivity index (χ1) is 11.3. The molecule has 23 heavy (non-hydrogen) atoms. The third-order valence-corrected chi connectivity index (χ3v) is 4.84. The maximum Gasteiger partial charge on any atom is 0.346 e. The first-order valence-corrected chi connectivity index (χ1v) is 9.48. The first-order valence-electron chi connectivity index (χ1n) is 7.52. The normalized spacial score (nSPS) is 11.3. The molecule has 0 atom stereocenters. The predicted molar refractivity (Wildman–Crippen MR) is 99.9 cm³/mol. The minimum atomic E-state index is -0.242. The van der Waals surface area contributed by atoms with Crippen LogP contribution in [0.2, 0.25) is 0 Å². The third kappa shape index (κ3) is 6.55. The van der Waals surface area contributed by atoms with Gasteiger partial charge in [-0.3, -0.25) is 0 Å². The summed E-state index contributed by atoms with van der Waals surface area (Å²) in [5, 5.41) is 1.92. The maximum atomic E-state index is 12.1. The number of carbonyl (C=O) groups excluding carboxylic acids is 1. The summed E-state index contributed by atoms with van der Waals surface area (Å²) in [6.07, 6.45) is 0.673. The van der Waals surface area contributed by atoms with Gasteiger partial charge in [-0.15, -0.1) is 11.8 Å². The van der Waals surface area contributed by atoms with Crippen molar-refractivity contribution in [3.05, 3.63) is 82.8 Å². The Hall–Kier alpha value is -1.65. The van der Waals surface area contributed by atoms with Crippen molar-refractivity contribution >= 4 is 29.8 Å². The summed E-state index contributed by atoms with van der Waals surface area (Å²) in [5.74, 6) is 1.28. The van der Waals surface area contributed by atoms with Crippen molar-refractivity contribution in [1.82, 2.24) is 0 Å². The molecule has 0 N–H and O–H groups in total. The van der Waals surface area contributed by atoms with E-state index in [-0.39, 0.29) is 5.97 Å². The molecule has 0 heterocycles. The van der Waals surface area contributed by atoms with Crippen molar-refractivity contribution < 1.29 is 8.98 Å². The Morgan fingerprint density at radius 2 is 1.52 bits per heavy atom. The fraction of sp³-hybridized carbons (Fsp3) is 0.211. The monoisotopic (exact) mass is 344 g/mol. The Kier molecular flexibility index (Phi) is 7.84. The zero-order valence-corrected chi connectivity index (χ0v) is 14.7. The minimum absolute atomic E-state index is 0.242. The van der Waals surface area contributed by atoms with E-state index >= 15 is 0 Å².